The minimum atomic E-state index is -0.329. The van der Waals surface area contributed by atoms with Crippen molar-refractivity contribution in [2.75, 3.05) is 13.7 Å². The van der Waals surface area contributed by atoms with Crippen molar-refractivity contribution in [2.24, 2.45) is 11.1 Å². The van der Waals surface area contributed by atoms with Gasteiger partial charge in [0.15, 0.2) is 0 Å². The predicted molar refractivity (Wildman–Crippen MR) is 86.2 cm³/mol. The summed E-state index contributed by atoms with van der Waals surface area (Å²) in [4.78, 5) is 12.4. The fourth-order valence-electron chi connectivity index (χ4n) is 2.94. The van der Waals surface area contributed by atoms with E-state index in [1.165, 1.54) is 0 Å². The molecule has 5 heteroatoms. The molecule has 118 valence electrons. The average molecular weight is 313 g/mol. The number of nitrogens with two attached hydrogens (primary N) is 1. The van der Waals surface area contributed by atoms with Crippen molar-refractivity contribution in [1.29, 1.82) is 0 Å². The van der Waals surface area contributed by atoms with E-state index in [9.17, 15) is 4.79 Å². The summed E-state index contributed by atoms with van der Waals surface area (Å²) in [5, 5.41) is 3.04. The lowest BCUT2D eigenvalue weighted by molar-refractivity contribution is -0.130. The molecular weight excluding hydrogens is 288 g/mol. The lowest BCUT2D eigenvalue weighted by Gasteiger charge is -2.25. The Hall–Kier alpha value is -1.10. The summed E-state index contributed by atoms with van der Waals surface area (Å²) in [5.74, 6) is 0.106. The van der Waals surface area contributed by atoms with Crippen molar-refractivity contribution in [3.05, 3.63) is 35.4 Å². The van der Waals surface area contributed by atoms with Crippen LogP contribution in [0, 0.1) is 5.41 Å². The summed E-state index contributed by atoms with van der Waals surface area (Å²) >= 11 is 0. The molecule has 1 fully saturated rings. The van der Waals surface area contributed by atoms with Crippen LogP contribution in [0.1, 0.15) is 36.8 Å². The van der Waals surface area contributed by atoms with Gasteiger partial charge in [0.25, 0.3) is 0 Å². The van der Waals surface area contributed by atoms with Crippen LogP contribution in [0.15, 0.2) is 24.3 Å². The highest BCUT2D eigenvalue weighted by Gasteiger charge is 2.39. The minimum Gasteiger partial charge on any atom is -0.380 e. The van der Waals surface area contributed by atoms with Crippen LogP contribution in [0.5, 0.6) is 0 Å². The molecule has 0 spiro atoms. The van der Waals surface area contributed by atoms with Crippen LogP contribution < -0.4 is 11.1 Å². The molecule has 0 unspecified atom stereocenters. The van der Waals surface area contributed by atoms with Gasteiger partial charge in [-0.3, -0.25) is 4.79 Å². The molecule has 0 aromatic heterocycles. The molecule has 2 rings (SSSR count). The predicted octanol–water partition coefficient (Wildman–Crippen LogP) is 2.39. The van der Waals surface area contributed by atoms with E-state index in [1.807, 2.05) is 18.2 Å². The summed E-state index contributed by atoms with van der Waals surface area (Å²) in [6.07, 6.45) is 4.04. The first-order chi connectivity index (χ1) is 9.70. The van der Waals surface area contributed by atoms with E-state index < -0.39 is 0 Å². The van der Waals surface area contributed by atoms with Gasteiger partial charge in [-0.1, -0.05) is 37.1 Å². The number of amides is 1. The van der Waals surface area contributed by atoms with E-state index >= 15 is 0 Å². The molecule has 1 aromatic rings. The van der Waals surface area contributed by atoms with Crippen molar-refractivity contribution in [3.63, 3.8) is 0 Å². The Morgan fingerprint density at radius 3 is 2.62 bits per heavy atom. The van der Waals surface area contributed by atoms with E-state index in [2.05, 4.69) is 11.4 Å². The molecule has 0 aliphatic heterocycles. The Kier molecular flexibility index (Phi) is 7.15. The zero-order chi connectivity index (χ0) is 14.4. The van der Waals surface area contributed by atoms with Crippen LogP contribution in [-0.4, -0.2) is 19.6 Å². The zero-order valence-electron chi connectivity index (χ0n) is 12.6. The number of rotatable bonds is 6. The standard InChI is InChI=1S/C16H24N2O2.ClH/c1-20-11-14-6-4-5-13(9-14)10-18-15(19)16(12-17)7-2-3-8-16;/h4-6,9H,2-3,7-8,10-12,17H2,1H3,(H,18,19);1H. The first-order valence-corrected chi connectivity index (χ1v) is 7.25. The molecule has 4 nitrogen and oxygen atoms in total. The molecular formula is C16H25ClN2O2. The van der Waals surface area contributed by atoms with E-state index in [0.717, 1.165) is 36.8 Å². The smallest absolute Gasteiger partial charge is 0.227 e. The number of hydrogen-bond acceptors (Lipinski definition) is 3. The number of ether oxygens (including phenoxy) is 1. The fourth-order valence-corrected chi connectivity index (χ4v) is 2.94. The number of halogens is 1. The van der Waals surface area contributed by atoms with Gasteiger partial charge in [0, 0.05) is 20.2 Å². The molecule has 0 atom stereocenters. The van der Waals surface area contributed by atoms with Gasteiger partial charge in [0.2, 0.25) is 5.91 Å². The molecule has 21 heavy (non-hydrogen) atoms. The molecule has 0 radical (unpaired) electrons. The lowest BCUT2D eigenvalue weighted by atomic mass is 9.85. The fraction of sp³-hybridized carbons (Fsp3) is 0.562. The molecule has 1 aliphatic carbocycles. The third kappa shape index (κ3) is 4.43. The minimum absolute atomic E-state index is 0. The van der Waals surface area contributed by atoms with Crippen molar-refractivity contribution in [1.82, 2.24) is 5.32 Å². The van der Waals surface area contributed by atoms with Gasteiger partial charge in [0.05, 0.1) is 12.0 Å². The molecule has 0 saturated heterocycles. The summed E-state index contributed by atoms with van der Waals surface area (Å²) in [7, 11) is 1.68. The topological polar surface area (TPSA) is 64.3 Å². The maximum Gasteiger partial charge on any atom is 0.227 e. The molecule has 3 N–H and O–H groups in total. The summed E-state index contributed by atoms with van der Waals surface area (Å²) < 4.78 is 5.12. The van der Waals surface area contributed by atoms with Crippen LogP contribution in [-0.2, 0) is 22.7 Å². The average Bonchev–Trinajstić information content (AvgIpc) is 2.96. The second-order valence-corrected chi connectivity index (χ2v) is 5.63. The van der Waals surface area contributed by atoms with Crippen LogP contribution in [0.4, 0.5) is 0 Å². The van der Waals surface area contributed by atoms with E-state index in [0.29, 0.717) is 19.7 Å². The highest BCUT2D eigenvalue weighted by Crippen LogP contribution is 2.37. The summed E-state index contributed by atoms with van der Waals surface area (Å²) in [6.45, 7) is 1.59. The van der Waals surface area contributed by atoms with Crippen LogP contribution in [0.25, 0.3) is 0 Å². The van der Waals surface area contributed by atoms with Gasteiger partial charge in [-0.25, -0.2) is 0 Å². The number of hydrogen-bond donors (Lipinski definition) is 2. The SMILES string of the molecule is COCc1cccc(CNC(=O)C2(CN)CCCC2)c1.Cl. The Morgan fingerprint density at radius 1 is 1.33 bits per heavy atom. The number of carbonyl (C=O) groups is 1. The van der Waals surface area contributed by atoms with E-state index in [4.69, 9.17) is 10.5 Å². The molecule has 1 aliphatic rings. The monoisotopic (exact) mass is 312 g/mol. The van der Waals surface area contributed by atoms with Crippen LogP contribution in [0.3, 0.4) is 0 Å². The van der Waals surface area contributed by atoms with Gasteiger partial charge < -0.3 is 15.8 Å². The van der Waals surface area contributed by atoms with Gasteiger partial charge in [-0.15, -0.1) is 12.4 Å². The normalized spacial score (nSPS) is 16.3. The number of nitrogens with one attached hydrogen (secondary N) is 1. The lowest BCUT2D eigenvalue weighted by Crippen LogP contribution is -2.43. The second-order valence-electron chi connectivity index (χ2n) is 5.63. The van der Waals surface area contributed by atoms with E-state index in [-0.39, 0.29) is 23.7 Å². The maximum atomic E-state index is 12.4. The van der Waals surface area contributed by atoms with Crippen LogP contribution in [0.2, 0.25) is 0 Å². The Labute approximate surface area is 132 Å². The first kappa shape index (κ1) is 18.0. The van der Waals surface area contributed by atoms with Gasteiger partial charge in [-0.05, 0) is 24.0 Å². The first-order valence-electron chi connectivity index (χ1n) is 7.25. The number of methoxy groups -OCH3 is 1. The Morgan fingerprint density at radius 2 is 2.00 bits per heavy atom. The number of carbonyl (C=O) groups excluding carboxylic acids is 1. The van der Waals surface area contributed by atoms with Crippen molar-refractivity contribution < 1.29 is 9.53 Å². The van der Waals surface area contributed by atoms with Crippen molar-refractivity contribution in [3.8, 4) is 0 Å². The Balaban J connectivity index is 0.00000220. The molecule has 0 heterocycles. The summed E-state index contributed by atoms with van der Waals surface area (Å²) in [6, 6.07) is 8.09. The zero-order valence-corrected chi connectivity index (χ0v) is 13.4. The second kappa shape index (κ2) is 8.37. The number of benzene rings is 1. The van der Waals surface area contributed by atoms with Crippen molar-refractivity contribution >= 4 is 18.3 Å². The Bertz CT molecular complexity index is 459. The highest BCUT2D eigenvalue weighted by atomic mass is 35.5. The quantitative estimate of drug-likeness (QED) is 0.847. The van der Waals surface area contributed by atoms with Gasteiger partial charge in [-0.2, -0.15) is 0 Å². The molecule has 0 bridgehead atoms. The molecule has 1 aromatic carbocycles. The third-order valence-corrected chi connectivity index (χ3v) is 4.19. The van der Waals surface area contributed by atoms with Crippen LogP contribution >= 0.6 is 12.4 Å². The van der Waals surface area contributed by atoms with Gasteiger partial charge >= 0.3 is 0 Å². The molecule has 1 amide bonds. The van der Waals surface area contributed by atoms with Crippen molar-refractivity contribution in [2.45, 2.75) is 38.8 Å². The third-order valence-electron chi connectivity index (χ3n) is 4.19. The summed E-state index contributed by atoms with van der Waals surface area (Å²) in [5.41, 5.74) is 7.71. The van der Waals surface area contributed by atoms with Gasteiger partial charge in [0.1, 0.15) is 0 Å². The highest BCUT2D eigenvalue weighted by molar-refractivity contribution is 5.85. The maximum absolute atomic E-state index is 12.4. The largest absolute Gasteiger partial charge is 0.380 e. The van der Waals surface area contributed by atoms with E-state index in [1.54, 1.807) is 7.11 Å². The molecule has 1 saturated carbocycles.